The van der Waals surface area contributed by atoms with Crippen LogP contribution in [0.2, 0.25) is 48.4 Å². The Balaban J connectivity index is 1.88. The van der Waals surface area contributed by atoms with Crippen LogP contribution in [-0.4, -0.2) is 123 Å². The SMILES string of the molecule is NCCC[Si]12O[Si]3(CCCN)O[Si]4(CCCN)O[Si](CCCN)(O1)O[Si]1(CCCN)O[Si](CCCN)(O2)O[Si](CCCN)(O3)O[Si](CCCN)(O4)O1. The summed E-state index contributed by atoms with van der Waals surface area (Å²) in [6.07, 6.45) is 3.97. The average molecular weight is 882 g/mol. The summed E-state index contributed by atoms with van der Waals surface area (Å²) in [7, 11) is -32.2. The first kappa shape index (κ1) is 44.0. The van der Waals surface area contributed by atoms with Gasteiger partial charge in [0.15, 0.2) is 0 Å². The normalized spacial score (nSPS) is 41.1. The highest BCUT2D eigenvalue weighted by Gasteiger charge is 2.82. The molecular weight excluding hydrogens is 817 g/mol. The van der Waals surface area contributed by atoms with Crippen molar-refractivity contribution in [3.63, 3.8) is 0 Å². The van der Waals surface area contributed by atoms with Gasteiger partial charge in [0.25, 0.3) is 0 Å². The summed E-state index contributed by atoms with van der Waals surface area (Å²) in [5.41, 5.74) is 49.3. The molecule has 20 nitrogen and oxygen atoms in total. The van der Waals surface area contributed by atoms with Crippen molar-refractivity contribution in [1.29, 1.82) is 0 Å². The van der Waals surface area contributed by atoms with Gasteiger partial charge in [-0.15, -0.1) is 0 Å². The molecule has 304 valence electrons. The maximum atomic E-state index is 7.44. The predicted octanol–water partition coefficient (Wildman–Crippen LogP) is -1.44. The van der Waals surface area contributed by atoms with E-state index in [0.717, 1.165) is 0 Å². The Bertz CT molecular complexity index is 834. The van der Waals surface area contributed by atoms with E-state index in [1.807, 2.05) is 0 Å². The summed E-state index contributed by atoms with van der Waals surface area (Å²) in [6, 6.07) is 2.38. The zero-order valence-electron chi connectivity index (χ0n) is 30.5. The molecule has 6 saturated heterocycles. The number of hydrogen-bond acceptors (Lipinski definition) is 20. The van der Waals surface area contributed by atoms with E-state index in [-0.39, 0.29) is 0 Å². The summed E-state index contributed by atoms with van der Waals surface area (Å²) in [5, 5.41) is 0. The van der Waals surface area contributed by atoms with Gasteiger partial charge in [0.2, 0.25) is 0 Å². The standard InChI is InChI=1S/C24H64N8O12Si8/c25-9-1-17-45-33-46(18-2-10-26)36-49(21-5-13-29)38-47(34-45,19-3-11-27)40-51(23-7-15-31)41-48(35-45,20-4-12-28)39-50(37-46,22-6-14-30)43-52(42-49,44-51)24-8-16-32/h1-32H2. The highest BCUT2D eigenvalue weighted by Crippen LogP contribution is 2.54. The number of rotatable bonds is 24. The minimum absolute atomic E-state index is 0.297. The molecule has 0 unspecified atom stereocenters. The second kappa shape index (κ2) is 18.7. The molecule has 0 spiro atoms. The second-order valence-corrected chi connectivity index (χ2v) is 38.6. The van der Waals surface area contributed by atoms with Gasteiger partial charge in [-0.25, -0.2) is 0 Å². The molecule has 8 bridgehead atoms. The van der Waals surface area contributed by atoms with Gasteiger partial charge in [0.05, 0.1) is 0 Å². The Kier molecular flexibility index (Phi) is 15.8. The van der Waals surface area contributed by atoms with Crippen LogP contribution in [0.5, 0.6) is 0 Å². The molecule has 6 aliphatic rings. The van der Waals surface area contributed by atoms with Crippen molar-refractivity contribution in [2.24, 2.45) is 45.9 Å². The third kappa shape index (κ3) is 9.96. The van der Waals surface area contributed by atoms with Gasteiger partial charge in [-0.3, -0.25) is 0 Å². The zero-order valence-corrected chi connectivity index (χ0v) is 38.5. The number of hydrogen-bond donors (Lipinski definition) is 8. The zero-order chi connectivity index (χ0) is 37.5. The lowest BCUT2D eigenvalue weighted by Crippen LogP contribution is -2.88. The third-order valence-corrected chi connectivity index (χ3v) is 46.8. The molecule has 0 atom stereocenters. The minimum Gasteiger partial charge on any atom is -0.373 e. The lowest BCUT2D eigenvalue weighted by atomic mass is 10.5. The van der Waals surface area contributed by atoms with Gasteiger partial charge in [0.1, 0.15) is 0 Å². The summed E-state index contributed by atoms with van der Waals surface area (Å²) in [5.74, 6) is 0. The molecule has 6 aliphatic heterocycles. The minimum atomic E-state index is -4.02. The average Bonchev–Trinajstić information content (AvgIpc) is 3.08. The van der Waals surface area contributed by atoms with E-state index in [0.29, 0.717) is 152 Å². The second-order valence-electron chi connectivity index (χ2n) is 13.8. The van der Waals surface area contributed by atoms with E-state index >= 15 is 0 Å². The predicted molar refractivity (Wildman–Crippen MR) is 207 cm³/mol. The van der Waals surface area contributed by atoms with E-state index in [2.05, 4.69) is 0 Å². The van der Waals surface area contributed by atoms with Crippen LogP contribution >= 0.6 is 0 Å². The van der Waals surface area contributed by atoms with Crippen LogP contribution in [0.25, 0.3) is 0 Å². The highest BCUT2D eigenvalue weighted by molar-refractivity contribution is 7.03. The van der Waals surface area contributed by atoms with Crippen molar-refractivity contribution < 1.29 is 49.4 Å². The maximum absolute atomic E-state index is 7.44. The van der Waals surface area contributed by atoms with Crippen molar-refractivity contribution in [3.8, 4) is 0 Å². The first-order valence-corrected chi connectivity index (χ1v) is 34.4. The molecule has 0 aliphatic carbocycles. The van der Waals surface area contributed by atoms with E-state index in [9.17, 15) is 0 Å². The summed E-state index contributed by atoms with van der Waals surface area (Å²) in [6.45, 7) is 2.72. The first-order chi connectivity index (χ1) is 25.0. The molecule has 0 aromatic carbocycles. The van der Waals surface area contributed by atoms with Crippen LogP contribution in [0.3, 0.4) is 0 Å². The Hall–Kier alpha value is 0.935. The van der Waals surface area contributed by atoms with E-state index < -0.39 is 70.4 Å². The fraction of sp³-hybridized carbons (Fsp3) is 1.00. The monoisotopic (exact) mass is 880 g/mol. The maximum Gasteiger partial charge on any atom is 0.478 e. The van der Waals surface area contributed by atoms with Crippen LogP contribution in [0.4, 0.5) is 0 Å². The van der Waals surface area contributed by atoms with Crippen LogP contribution in [0.15, 0.2) is 0 Å². The van der Waals surface area contributed by atoms with Crippen molar-refractivity contribution >= 4 is 70.4 Å². The fourth-order valence-corrected chi connectivity index (χ4v) is 57.8. The van der Waals surface area contributed by atoms with Crippen LogP contribution in [-0.2, 0) is 49.4 Å². The molecule has 0 radical (unpaired) electrons. The smallest absolute Gasteiger partial charge is 0.373 e. The quantitative estimate of drug-likeness (QED) is 0.0515. The molecule has 28 heteroatoms. The molecule has 0 aromatic heterocycles. The lowest BCUT2D eigenvalue weighted by molar-refractivity contribution is -0.0309. The molecule has 6 heterocycles. The molecule has 0 saturated carbocycles. The molecule has 0 aromatic rings. The summed E-state index contributed by atoms with van der Waals surface area (Å²) in [4.78, 5) is 0. The van der Waals surface area contributed by atoms with E-state index in [4.69, 9.17) is 95.3 Å². The van der Waals surface area contributed by atoms with E-state index in [1.54, 1.807) is 0 Å². The van der Waals surface area contributed by atoms with Crippen molar-refractivity contribution in [3.05, 3.63) is 0 Å². The van der Waals surface area contributed by atoms with Crippen LogP contribution in [0, 0.1) is 0 Å². The lowest BCUT2D eigenvalue weighted by Gasteiger charge is -2.63. The summed E-state index contributed by atoms with van der Waals surface area (Å²) >= 11 is 0. The fourth-order valence-electron chi connectivity index (χ4n) is 7.12. The van der Waals surface area contributed by atoms with Gasteiger partial charge in [-0.1, -0.05) is 0 Å². The van der Waals surface area contributed by atoms with Crippen LogP contribution in [0.1, 0.15) is 51.4 Å². The van der Waals surface area contributed by atoms with Gasteiger partial charge in [-0.05, 0) is 104 Å². The van der Waals surface area contributed by atoms with Gasteiger partial charge in [-0.2, -0.15) is 0 Å². The Morgan fingerprint density at radius 1 is 0.192 bits per heavy atom. The highest BCUT2D eigenvalue weighted by atomic mass is 28.6. The molecular formula is C24H64N8O12Si8. The molecule has 16 N–H and O–H groups in total. The Labute approximate surface area is 316 Å². The topological polar surface area (TPSA) is 319 Å². The largest absolute Gasteiger partial charge is 0.478 e. The van der Waals surface area contributed by atoms with Gasteiger partial charge in [0, 0.05) is 48.4 Å². The number of nitrogens with two attached hydrogens (primary N) is 8. The molecule has 6 fully saturated rings. The third-order valence-electron chi connectivity index (χ3n) is 9.23. The Morgan fingerprint density at radius 3 is 0.365 bits per heavy atom. The van der Waals surface area contributed by atoms with E-state index in [1.165, 1.54) is 0 Å². The van der Waals surface area contributed by atoms with Crippen LogP contribution < -0.4 is 45.9 Å². The summed E-state index contributed by atoms with van der Waals surface area (Å²) < 4.78 is 89.3. The molecule has 0 amide bonds. The van der Waals surface area contributed by atoms with Gasteiger partial charge < -0.3 is 95.3 Å². The van der Waals surface area contributed by atoms with Crippen molar-refractivity contribution in [2.45, 2.75) is 99.7 Å². The van der Waals surface area contributed by atoms with Gasteiger partial charge >= 0.3 is 70.4 Å². The van der Waals surface area contributed by atoms with Crippen molar-refractivity contribution in [1.82, 2.24) is 0 Å². The molecule has 6 rings (SSSR count). The van der Waals surface area contributed by atoms with Crippen molar-refractivity contribution in [2.75, 3.05) is 52.4 Å². The Morgan fingerprint density at radius 2 is 0.288 bits per heavy atom. The molecule has 52 heavy (non-hydrogen) atoms. The first-order valence-electron chi connectivity index (χ1n) is 19.0.